The van der Waals surface area contributed by atoms with Crippen LogP contribution in [0.25, 0.3) is 5.57 Å². The van der Waals surface area contributed by atoms with Crippen molar-refractivity contribution >= 4 is 22.7 Å². The molecule has 2 rings (SSSR count). The van der Waals surface area contributed by atoms with Gasteiger partial charge in [0.15, 0.2) is 0 Å². The summed E-state index contributed by atoms with van der Waals surface area (Å²) in [6, 6.07) is 11.2. The molecule has 63 valence electrons. The molecule has 0 nitrogen and oxygen atoms in total. The second kappa shape index (κ2) is 3.67. The van der Waals surface area contributed by atoms with Crippen LogP contribution in [0.15, 0.2) is 42.5 Å². The third-order valence-electron chi connectivity index (χ3n) is 1.99. The van der Waals surface area contributed by atoms with Crippen LogP contribution in [-0.4, -0.2) is 4.86 Å². The van der Waals surface area contributed by atoms with E-state index in [4.69, 9.17) is 12.2 Å². The molecule has 0 spiro atoms. The van der Waals surface area contributed by atoms with Crippen molar-refractivity contribution in [2.45, 2.75) is 6.42 Å². The van der Waals surface area contributed by atoms with E-state index in [-0.39, 0.29) is 0 Å². The minimum absolute atomic E-state index is 0.879. The lowest BCUT2D eigenvalue weighted by Crippen LogP contribution is -1.93. The average molecular weight is 185 g/mol. The Morgan fingerprint density at radius 1 is 1.23 bits per heavy atom. The zero-order chi connectivity index (χ0) is 9.10. The molecule has 0 amide bonds. The maximum atomic E-state index is 5.07. The van der Waals surface area contributed by atoms with Crippen molar-refractivity contribution in [3.05, 3.63) is 54.1 Å². The van der Waals surface area contributed by atoms with Crippen molar-refractivity contribution < 1.29 is 0 Å². The Bertz CT molecular complexity index is 371. The van der Waals surface area contributed by atoms with E-state index < -0.39 is 0 Å². The van der Waals surface area contributed by atoms with Gasteiger partial charge in [0, 0.05) is 11.3 Å². The highest BCUT2D eigenvalue weighted by molar-refractivity contribution is 7.80. The molecule has 1 aromatic rings. The van der Waals surface area contributed by atoms with Gasteiger partial charge in [-0.2, -0.15) is 0 Å². The van der Waals surface area contributed by atoms with Crippen LogP contribution >= 0.6 is 12.2 Å². The van der Waals surface area contributed by atoms with Gasteiger partial charge in [-0.15, -0.1) is 0 Å². The minimum Gasteiger partial charge on any atom is -0.0846 e. The lowest BCUT2D eigenvalue weighted by Gasteiger charge is -2.06. The first-order valence-corrected chi connectivity index (χ1v) is 4.65. The number of hydrogen-bond donors (Lipinski definition) is 0. The Kier molecular flexibility index (Phi) is 2.37. The van der Waals surface area contributed by atoms with Gasteiger partial charge in [-0.3, -0.25) is 0 Å². The first kappa shape index (κ1) is 8.39. The zero-order valence-corrected chi connectivity index (χ0v) is 7.97. The fourth-order valence-corrected chi connectivity index (χ4v) is 1.45. The highest BCUT2D eigenvalue weighted by Crippen LogP contribution is 2.19. The van der Waals surface area contributed by atoms with E-state index in [9.17, 15) is 0 Å². The van der Waals surface area contributed by atoms with Crippen molar-refractivity contribution in [2.24, 2.45) is 0 Å². The number of thiocarbonyl (C=S) groups is 1. The maximum absolute atomic E-state index is 5.07. The van der Waals surface area contributed by atoms with Crippen molar-refractivity contribution in [2.75, 3.05) is 0 Å². The Balaban J connectivity index is 2.30. The van der Waals surface area contributed by atoms with Crippen LogP contribution in [0, 0.1) is 6.07 Å². The lowest BCUT2D eigenvalue weighted by atomic mass is 10.00. The molecule has 0 N–H and O–H groups in total. The molecule has 1 aliphatic carbocycles. The zero-order valence-electron chi connectivity index (χ0n) is 7.16. The first-order chi connectivity index (χ1) is 6.36. The summed E-state index contributed by atoms with van der Waals surface area (Å²) in [7, 11) is 0. The van der Waals surface area contributed by atoms with E-state index >= 15 is 0 Å². The third-order valence-corrected chi connectivity index (χ3v) is 2.29. The van der Waals surface area contributed by atoms with Gasteiger partial charge in [0.05, 0.1) is 0 Å². The highest BCUT2D eigenvalue weighted by Gasteiger charge is 2.02. The summed E-state index contributed by atoms with van der Waals surface area (Å²) in [5.74, 6) is 0. The van der Waals surface area contributed by atoms with Crippen LogP contribution in [0.1, 0.15) is 12.0 Å². The van der Waals surface area contributed by atoms with Gasteiger partial charge < -0.3 is 0 Å². The van der Waals surface area contributed by atoms with Gasteiger partial charge >= 0.3 is 0 Å². The summed E-state index contributed by atoms with van der Waals surface area (Å²) in [5.41, 5.74) is 2.36. The molecule has 0 heterocycles. The molecule has 0 aliphatic heterocycles. The number of benzene rings is 1. The summed E-state index contributed by atoms with van der Waals surface area (Å²) < 4.78 is 0. The summed E-state index contributed by atoms with van der Waals surface area (Å²) in [5, 5.41) is 0. The molecule has 0 saturated heterocycles. The monoisotopic (exact) mass is 185 g/mol. The molecule has 0 saturated carbocycles. The smallest absolute Gasteiger partial charge is 0.0190 e. The standard InChI is InChI=1S/C12H9S/c13-12-8-6-11(7-9-12)10-4-2-1-3-5-10/h1-4,6-8H,9H2. The van der Waals surface area contributed by atoms with Gasteiger partial charge in [0.1, 0.15) is 0 Å². The lowest BCUT2D eigenvalue weighted by molar-refractivity contribution is 1.48. The molecular formula is C12H9S. The Morgan fingerprint density at radius 2 is 2.15 bits per heavy atom. The maximum Gasteiger partial charge on any atom is 0.0190 e. The molecule has 1 heteroatoms. The number of rotatable bonds is 1. The quantitative estimate of drug-likeness (QED) is 0.605. The van der Waals surface area contributed by atoms with Crippen molar-refractivity contribution in [1.29, 1.82) is 0 Å². The van der Waals surface area contributed by atoms with E-state index in [0.717, 1.165) is 16.8 Å². The average Bonchev–Trinajstić information content (AvgIpc) is 2.20. The topological polar surface area (TPSA) is 0 Å². The molecule has 1 aliphatic rings. The van der Waals surface area contributed by atoms with Gasteiger partial charge in [0.2, 0.25) is 0 Å². The van der Waals surface area contributed by atoms with E-state index in [1.807, 2.05) is 24.3 Å². The first-order valence-electron chi connectivity index (χ1n) is 4.24. The predicted octanol–water partition coefficient (Wildman–Crippen LogP) is 3.20. The summed E-state index contributed by atoms with van der Waals surface area (Å²) >= 11 is 5.07. The van der Waals surface area contributed by atoms with Crippen molar-refractivity contribution in [3.8, 4) is 0 Å². The molecule has 1 radical (unpaired) electrons. The fraction of sp³-hybridized carbons (Fsp3) is 0.0833. The predicted molar refractivity (Wildman–Crippen MR) is 59.6 cm³/mol. The van der Waals surface area contributed by atoms with E-state index in [0.29, 0.717) is 0 Å². The Morgan fingerprint density at radius 3 is 2.77 bits per heavy atom. The van der Waals surface area contributed by atoms with Gasteiger partial charge in [-0.1, -0.05) is 48.6 Å². The molecule has 0 bridgehead atoms. The summed E-state index contributed by atoms with van der Waals surface area (Å²) in [6.45, 7) is 0. The molecular weight excluding hydrogens is 176 g/mol. The van der Waals surface area contributed by atoms with Crippen LogP contribution in [0.5, 0.6) is 0 Å². The minimum atomic E-state index is 0.879. The normalized spacial score (nSPS) is 15.7. The van der Waals surface area contributed by atoms with Gasteiger partial charge in [0.25, 0.3) is 0 Å². The molecule has 1 aromatic carbocycles. The molecule has 0 atom stereocenters. The van der Waals surface area contributed by atoms with E-state index in [1.165, 1.54) is 5.57 Å². The van der Waals surface area contributed by atoms with E-state index in [1.54, 1.807) is 0 Å². The molecule has 0 unspecified atom stereocenters. The number of allylic oxidation sites excluding steroid dienone is 4. The van der Waals surface area contributed by atoms with Crippen LogP contribution in [0.4, 0.5) is 0 Å². The summed E-state index contributed by atoms with van der Waals surface area (Å²) in [6.07, 6.45) is 7.07. The molecule has 0 fully saturated rings. The Hall–Kier alpha value is -1.21. The van der Waals surface area contributed by atoms with Crippen LogP contribution in [0.2, 0.25) is 0 Å². The van der Waals surface area contributed by atoms with Crippen LogP contribution in [0.3, 0.4) is 0 Å². The van der Waals surface area contributed by atoms with Crippen molar-refractivity contribution in [1.82, 2.24) is 0 Å². The molecule has 13 heavy (non-hydrogen) atoms. The second-order valence-electron chi connectivity index (χ2n) is 2.94. The number of hydrogen-bond acceptors (Lipinski definition) is 1. The highest BCUT2D eigenvalue weighted by atomic mass is 32.1. The van der Waals surface area contributed by atoms with Crippen molar-refractivity contribution in [3.63, 3.8) is 0 Å². The van der Waals surface area contributed by atoms with Gasteiger partial charge in [-0.25, -0.2) is 0 Å². The SMILES string of the molecule is S=C1C=CC(c2[c]cccc2)=CC1. The summed E-state index contributed by atoms with van der Waals surface area (Å²) in [4.78, 5) is 1.000. The van der Waals surface area contributed by atoms with Crippen LogP contribution in [-0.2, 0) is 0 Å². The largest absolute Gasteiger partial charge is 0.0846 e. The molecule has 0 aromatic heterocycles. The second-order valence-corrected chi connectivity index (χ2v) is 3.46. The Labute approximate surface area is 83.6 Å². The fourth-order valence-electron chi connectivity index (χ4n) is 1.30. The van der Waals surface area contributed by atoms with Crippen LogP contribution < -0.4 is 0 Å². The van der Waals surface area contributed by atoms with E-state index in [2.05, 4.69) is 24.3 Å². The van der Waals surface area contributed by atoms with Gasteiger partial charge in [-0.05, 0) is 23.3 Å². The third kappa shape index (κ3) is 1.93.